The number of nitriles is 1. The van der Waals surface area contributed by atoms with E-state index >= 15 is 0 Å². The SMILES string of the molecule is Cn1c(/C(C#N)=C\c2ccccc2C(F)(F)F)nc2ccccc21. The van der Waals surface area contributed by atoms with Crippen molar-refractivity contribution in [3.8, 4) is 6.07 Å². The Hall–Kier alpha value is -3.07. The number of hydrogen-bond donors (Lipinski definition) is 0. The molecule has 6 heteroatoms. The third-order valence-electron chi connectivity index (χ3n) is 3.71. The Morgan fingerprint density at radius 3 is 2.46 bits per heavy atom. The number of aromatic nitrogens is 2. The molecule has 1 heterocycles. The van der Waals surface area contributed by atoms with Crippen molar-refractivity contribution < 1.29 is 13.2 Å². The van der Waals surface area contributed by atoms with E-state index in [2.05, 4.69) is 4.98 Å². The first-order valence-electron chi connectivity index (χ1n) is 7.11. The monoisotopic (exact) mass is 327 g/mol. The van der Waals surface area contributed by atoms with Crippen LogP contribution in [-0.4, -0.2) is 9.55 Å². The summed E-state index contributed by atoms with van der Waals surface area (Å²) in [5.41, 5.74) is 0.716. The third-order valence-corrected chi connectivity index (χ3v) is 3.71. The second-order valence-electron chi connectivity index (χ2n) is 5.24. The van der Waals surface area contributed by atoms with E-state index in [1.807, 2.05) is 24.3 Å². The molecule has 120 valence electrons. The third kappa shape index (κ3) is 2.76. The van der Waals surface area contributed by atoms with Crippen LogP contribution in [-0.2, 0) is 13.2 Å². The standard InChI is InChI=1S/C18H12F3N3/c1-24-16-9-5-4-8-15(16)23-17(24)13(11-22)10-12-6-2-3-7-14(12)18(19,20)21/h2-10H,1H3/b13-10-. The highest BCUT2D eigenvalue weighted by molar-refractivity contribution is 5.91. The number of aryl methyl sites for hydroxylation is 1. The highest BCUT2D eigenvalue weighted by atomic mass is 19.4. The molecule has 0 aliphatic heterocycles. The van der Waals surface area contributed by atoms with Gasteiger partial charge in [0.25, 0.3) is 0 Å². The minimum Gasteiger partial charge on any atom is -0.327 e. The topological polar surface area (TPSA) is 41.6 Å². The lowest BCUT2D eigenvalue weighted by Gasteiger charge is -2.10. The summed E-state index contributed by atoms with van der Waals surface area (Å²) in [5, 5.41) is 9.43. The number of para-hydroxylation sites is 2. The molecule has 1 aromatic heterocycles. The Morgan fingerprint density at radius 1 is 1.12 bits per heavy atom. The molecule has 0 aliphatic rings. The average Bonchev–Trinajstić information content (AvgIpc) is 2.89. The molecule has 0 atom stereocenters. The van der Waals surface area contributed by atoms with Gasteiger partial charge in [0.05, 0.1) is 22.2 Å². The first kappa shape index (κ1) is 15.8. The van der Waals surface area contributed by atoms with Crippen molar-refractivity contribution in [3.63, 3.8) is 0 Å². The zero-order valence-electron chi connectivity index (χ0n) is 12.7. The van der Waals surface area contributed by atoms with Crippen LogP contribution in [0.15, 0.2) is 48.5 Å². The van der Waals surface area contributed by atoms with E-state index in [1.54, 1.807) is 17.7 Å². The van der Waals surface area contributed by atoms with Crippen LogP contribution in [0.25, 0.3) is 22.7 Å². The predicted molar refractivity (Wildman–Crippen MR) is 85.6 cm³/mol. The van der Waals surface area contributed by atoms with Gasteiger partial charge < -0.3 is 4.57 Å². The van der Waals surface area contributed by atoms with Crippen LogP contribution in [0.5, 0.6) is 0 Å². The number of rotatable bonds is 2. The van der Waals surface area contributed by atoms with Gasteiger partial charge in [0, 0.05) is 7.05 Å². The maximum Gasteiger partial charge on any atom is 0.416 e. The zero-order chi connectivity index (χ0) is 17.3. The lowest BCUT2D eigenvalue weighted by molar-refractivity contribution is -0.137. The van der Waals surface area contributed by atoms with E-state index in [9.17, 15) is 18.4 Å². The number of alkyl halides is 3. The molecular weight excluding hydrogens is 315 g/mol. The lowest BCUT2D eigenvalue weighted by atomic mass is 10.0. The Kier molecular flexibility index (Phi) is 3.86. The van der Waals surface area contributed by atoms with Gasteiger partial charge in [-0.25, -0.2) is 4.98 Å². The number of imidazole rings is 1. The number of nitrogens with zero attached hydrogens (tertiary/aromatic N) is 3. The quantitative estimate of drug-likeness (QED) is 0.643. The van der Waals surface area contributed by atoms with Crippen LogP contribution in [0.2, 0.25) is 0 Å². The van der Waals surface area contributed by atoms with Gasteiger partial charge in [0.15, 0.2) is 5.82 Å². The fourth-order valence-electron chi connectivity index (χ4n) is 2.57. The van der Waals surface area contributed by atoms with E-state index in [4.69, 9.17) is 0 Å². The Bertz CT molecular complexity index is 975. The van der Waals surface area contributed by atoms with Crippen LogP contribution in [0.3, 0.4) is 0 Å². The molecule has 3 rings (SSSR count). The Labute approximate surface area is 136 Å². The molecule has 0 fully saturated rings. The normalized spacial score (nSPS) is 12.4. The van der Waals surface area contributed by atoms with Crippen molar-refractivity contribution in [2.24, 2.45) is 7.05 Å². The van der Waals surface area contributed by atoms with Gasteiger partial charge in [0.1, 0.15) is 6.07 Å². The average molecular weight is 327 g/mol. The van der Waals surface area contributed by atoms with Gasteiger partial charge in [-0.05, 0) is 29.8 Å². The highest BCUT2D eigenvalue weighted by Gasteiger charge is 2.32. The van der Waals surface area contributed by atoms with Gasteiger partial charge >= 0.3 is 6.18 Å². The van der Waals surface area contributed by atoms with Crippen molar-refractivity contribution >= 4 is 22.7 Å². The maximum atomic E-state index is 13.1. The number of hydrogen-bond acceptors (Lipinski definition) is 2. The predicted octanol–water partition coefficient (Wildman–Crippen LogP) is 4.66. The number of benzene rings is 2. The molecule has 0 aliphatic carbocycles. The molecular formula is C18H12F3N3. The van der Waals surface area contributed by atoms with E-state index in [1.165, 1.54) is 24.3 Å². The summed E-state index contributed by atoms with van der Waals surface area (Å²) in [6, 6.07) is 14.4. The molecule has 24 heavy (non-hydrogen) atoms. The minimum absolute atomic E-state index is 0.0615. The van der Waals surface area contributed by atoms with E-state index in [0.717, 1.165) is 11.6 Å². The van der Waals surface area contributed by atoms with Crippen molar-refractivity contribution in [1.82, 2.24) is 9.55 Å². The fourth-order valence-corrected chi connectivity index (χ4v) is 2.57. The van der Waals surface area contributed by atoms with Crippen molar-refractivity contribution in [2.75, 3.05) is 0 Å². The minimum atomic E-state index is -4.49. The Morgan fingerprint density at radius 2 is 1.79 bits per heavy atom. The van der Waals surface area contributed by atoms with Crippen LogP contribution in [0.4, 0.5) is 13.2 Å². The summed E-state index contributed by atoms with van der Waals surface area (Å²) in [4.78, 5) is 4.36. The summed E-state index contributed by atoms with van der Waals surface area (Å²) < 4.78 is 41.1. The molecule has 3 aromatic rings. The lowest BCUT2D eigenvalue weighted by Crippen LogP contribution is -2.07. The number of allylic oxidation sites excluding steroid dienone is 1. The molecule has 0 saturated heterocycles. The maximum absolute atomic E-state index is 13.1. The Balaban J connectivity index is 2.18. The van der Waals surface area contributed by atoms with Gasteiger partial charge in [-0.1, -0.05) is 30.3 Å². The van der Waals surface area contributed by atoms with E-state index in [0.29, 0.717) is 11.3 Å². The van der Waals surface area contributed by atoms with E-state index < -0.39 is 11.7 Å². The summed E-state index contributed by atoms with van der Waals surface area (Å²) >= 11 is 0. The van der Waals surface area contributed by atoms with E-state index in [-0.39, 0.29) is 11.1 Å². The second kappa shape index (κ2) is 5.85. The van der Waals surface area contributed by atoms with Gasteiger partial charge in [0.2, 0.25) is 0 Å². The molecule has 0 bridgehead atoms. The molecule has 2 aromatic carbocycles. The first-order valence-corrected chi connectivity index (χ1v) is 7.11. The molecule has 0 radical (unpaired) electrons. The summed E-state index contributed by atoms with van der Waals surface area (Å²) in [6.07, 6.45) is -3.26. The molecule has 0 N–H and O–H groups in total. The first-order chi connectivity index (χ1) is 11.4. The van der Waals surface area contributed by atoms with Gasteiger partial charge in [-0.15, -0.1) is 0 Å². The number of fused-ring (bicyclic) bond motifs is 1. The van der Waals surface area contributed by atoms with Crippen LogP contribution in [0.1, 0.15) is 17.0 Å². The van der Waals surface area contributed by atoms with Gasteiger partial charge in [-0.3, -0.25) is 0 Å². The molecule has 0 saturated carbocycles. The summed E-state index contributed by atoms with van der Waals surface area (Å²) in [5.74, 6) is 0.329. The molecule has 0 unspecified atom stereocenters. The molecule has 3 nitrogen and oxygen atoms in total. The second-order valence-corrected chi connectivity index (χ2v) is 5.24. The largest absolute Gasteiger partial charge is 0.416 e. The highest BCUT2D eigenvalue weighted by Crippen LogP contribution is 2.33. The van der Waals surface area contributed by atoms with Crippen LogP contribution < -0.4 is 0 Å². The van der Waals surface area contributed by atoms with Crippen molar-refractivity contribution in [3.05, 3.63) is 65.5 Å². The van der Waals surface area contributed by atoms with Crippen LogP contribution >= 0.6 is 0 Å². The van der Waals surface area contributed by atoms with Crippen molar-refractivity contribution in [1.29, 1.82) is 5.26 Å². The zero-order valence-corrected chi connectivity index (χ0v) is 12.7. The molecule has 0 spiro atoms. The fraction of sp³-hybridized carbons (Fsp3) is 0.111. The van der Waals surface area contributed by atoms with Gasteiger partial charge in [-0.2, -0.15) is 18.4 Å². The summed E-state index contributed by atoms with van der Waals surface area (Å²) in [7, 11) is 1.73. The molecule has 0 amide bonds. The van der Waals surface area contributed by atoms with Crippen molar-refractivity contribution in [2.45, 2.75) is 6.18 Å². The summed E-state index contributed by atoms with van der Waals surface area (Å²) in [6.45, 7) is 0. The number of halogens is 3. The smallest absolute Gasteiger partial charge is 0.327 e. The van der Waals surface area contributed by atoms with Crippen LogP contribution in [0, 0.1) is 11.3 Å².